The van der Waals surface area contributed by atoms with Gasteiger partial charge in [-0.15, -0.1) is 0 Å². The molecule has 0 amide bonds. The Morgan fingerprint density at radius 2 is 2.18 bits per heavy atom. The van der Waals surface area contributed by atoms with Crippen molar-refractivity contribution in [2.24, 2.45) is 5.92 Å². The van der Waals surface area contributed by atoms with Gasteiger partial charge in [0.25, 0.3) is 0 Å². The molecule has 0 aromatic carbocycles. The molecule has 1 aliphatic carbocycles. The van der Waals surface area contributed by atoms with Crippen LogP contribution in [0.15, 0.2) is 35.6 Å². The third kappa shape index (κ3) is 4.12. The van der Waals surface area contributed by atoms with Crippen molar-refractivity contribution in [1.29, 1.82) is 0 Å². The van der Waals surface area contributed by atoms with E-state index in [9.17, 15) is 4.79 Å². The standard InChI is InChI=1S/C15H24OSi/c1-6-13-11-15(16)10-9-14(13)8-7-12(2)17(3,4)5/h6-7,11,14H,1,8-10H2,2-5H3/b12-7-. The molecule has 0 aromatic heterocycles. The monoisotopic (exact) mass is 248 g/mol. The summed E-state index contributed by atoms with van der Waals surface area (Å²) in [5, 5.41) is 1.55. The van der Waals surface area contributed by atoms with E-state index in [1.807, 2.05) is 6.08 Å². The number of hydrogen-bond donors (Lipinski definition) is 0. The second-order valence-corrected chi connectivity index (χ2v) is 11.2. The molecule has 0 saturated carbocycles. The van der Waals surface area contributed by atoms with Crippen LogP contribution in [0.3, 0.4) is 0 Å². The largest absolute Gasteiger partial charge is 0.295 e. The van der Waals surface area contributed by atoms with Crippen LogP contribution in [-0.4, -0.2) is 13.9 Å². The molecular formula is C15H24OSi. The van der Waals surface area contributed by atoms with Crippen molar-refractivity contribution in [3.05, 3.63) is 35.6 Å². The highest BCUT2D eigenvalue weighted by Gasteiger charge is 2.20. The van der Waals surface area contributed by atoms with E-state index in [1.165, 1.54) is 0 Å². The van der Waals surface area contributed by atoms with E-state index in [-0.39, 0.29) is 5.78 Å². The van der Waals surface area contributed by atoms with Gasteiger partial charge in [-0.2, -0.15) is 0 Å². The lowest BCUT2D eigenvalue weighted by Gasteiger charge is -2.22. The topological polar surface area (TPSA) is 17.1 Å². The third-order valence-electron chi connectivity index (χ3n) is 3.67. The molecule has 0 saturated heterocycles. The van der Waals surface area contributed by atoms with Crippen molar-refractivity contribution < 1.29 is 4.79 Å². The Bertz CT molecular complexity index is 369. The third-order valence-corrected chi connectivity index (χ3v) is 6.24. The lowest BCUT2D eigenvalue weighted by atomic mass is 9.85. The molecule has 1 nitrogen and oxygen atoms in total. The number of ketones is 1. The Kier molecular flexibility index (Phi) is 4.69. The predicted octanol–water partition coefficient (Wildman–Crippen LogP) is 4.29. The van der Waals surface area contributed by atoms with Gasteiger partial charge in [0.2, 0.25) is 0 Å². The first-order valence-electron chi connectivity index (χ1n) is 6.38. The molecule has 0 bridgehead atoms. The van der Waals surface area contributed by atoms with Crippen LogP contribution in [0.2, 0.25) is 19.6 Å². The van der Waals surface area contributed by atoms with E-state index in [2.05, 4.69) is 39.2 Å². The Labute approximate surface area is 106 Å². The molecule has 0 radical (unpaired) electrons. The summed E-state index contributed by atoms with van der Waals surface area (Å²) < 4.78 is 0. The zero-order valence-corrected chi connectivity index (χ0v) is 12.5. The molecule has 0 fully saturated rings. The van der Waals surface area contributed by atoms with Gasteiger partial charge in [-0.3, -0.25) is 4.79 Å². The summed E-state index contributed by atoms with van der Waals surface area (Å²) in [4.78, 5) is 11.3. The summed E-state index contributed by atoms with van der Waals surface area (Å²) >= 11 is 0. The number of carbonyl (C=O) groups excluding carboxylic acids is 1. The molecule has 1 unspecified atom stereocenters. The second-order valence-electron chi connectivity index (χ2n) is 5.92. The van der Waals surface area contributed by atoms with Crippen LogP contribution >= 0.6 is 0 Å². The van der Waals surface area contributed by atoms with Gasteiger partial charge in [-0.1, -0.05) is 43.6 Å². The lowest BCUT2D eigenvalue weighted by molar-refractivity contribution is -0.115. The van der Waals surface area contributed by atoms with Gasteiger partial charge in [0.05, 0.1) is 8.07 Å². The van der Waals surface area contributed by atoms with Crippen molar-refractivity contribution >= 4 is 13.9 Å². The average molecular weight is 248 g/mol. The molecule has 0 spiro atoms. The van der Waals surface area contributed by atoms with Crippen molar-refractivity contribution in [1.82, 2.24) is 0 Å². The number of carbonyl (C=O) groups is 1. The Morgan fingerprint density at radius 3 is 2.71 bits per heavy atom. The number of rotatable bonds is 4. The summed E-state index contributed by atoms with van der Waals surface area (Å²) in [6, 6.07) is 0. The van der Waals surface area contributed by atoms with Gasteiger partial charge < -0.3 is 0 Å². The molecule has 0 aromatic rings. The first-order valence-corrected chi connectivity index (χ1v) is 9.88. The summed E-state index contributed by atoms with van der Waals surface area (Å²) in [5.41, 5.74) is 1.13. The van der Waals surface area contributed by atoms with Crippen LogP contribution in [0.5, 0.6) is 0 Å². The fourth-order valence-electron chi connectivity index (χ4n) is 1.96. The van der Waals surface area contributed by atoms with Crippen LogP contribution in [0.1, 0.15) is 26.2 Å². The summed E-state index contributed by atoms with van der Waals surface area (Å²) in [6.45, 7) is 13.2. The van der Waals surface area contributed by atoms with E-state index in [0.717, 1.165) is 18.4 Å². The van der Waals surface area contributed by atoms with E-state index < -0.39 is 8.07 Å². The molecule has 1 aliphatic rings. The van der Waals surface area contributed by atoms with Crippen molar-refractivity contribution in [3.8, 4) is 0 Å². The normalized spacial score (nSPS) is 22.4. The lowest BCUT2D eigenvalue weighted by Crippen LogP contribution is -2.22. The maximum atomic E-state index is 11.3. The van der Waals surface area contributed by atoms with Crippen LogP contribution in [0.4, 0.5) is 0 Å². The van der Waals surface area contributed by atoms with E-state index in [0.29, 0.717) is 12.3 Å². The molecule has 1 atom stereocenters. The van der Waals surface area contributed by atoms with Gasteiger partial charge in [0, 0.05) is 6.42 Å². The summed E-state index contributed by atoms with van der Waals surface area (Å²) in [6.07, 6.45) is 8.73. The Balaban J connectivity index is 2.73. The highest BCUT2D eigenvalue weighted by Crippen LogP contribution is 2.28. The van der Waals surface area contributed by atoms with Gasteiger partial charge in [-0.05, 0) is 37.3 Å². The molecule has 0 N–H and O–H groups in total. The van der Waals surface area contributed by atoms with Crippen LogP contribution < -0.4 is 0 Å². The molecule has 0 heterocycles. The first kappa shape index (κ1) is 14.2. The molecule has 17 heavy (non-hydrogen) atoms. The first-order chi connectivity index (χ1) is 7.84. The van der Waals surface area contributed by atoms with E-state index in [4.69, 9.17) is 0 Å². The Morgan fingerprint density at radius 1 is 1.53 bits per heavy atom. The van der Waals surface area contributed by atoms with Gasteiger partial charge >= 0.3 is 0 Å². The maximum Gasteiger partial charge on any atom is 0.155 e. The van der Waals surface area contributed by atoms with Crippen LogP contribution in [0.25, 0.3) is 0 Å². The SMILES string of the molecule is C=CC1=CC(=O)CCC1C/C=C(/C)[Si](C)(C)C. The van der Waals surface area contributed by atoms with Gasteiger partial charge in [-0.25, -0.2) is 0 Å². The molecule has 1 rings (SSSR count). The average Bonchev–Trinajstić information content (AvgIpc) is 2.25. The zero-order chi connectivity index (χ0) is 13.1. The van der Waals surface area contributed by atoms with Crippen LogP contribution in [-0.2, 0) is 4.79 Å². The number of hydrogen-bond acceptors (Lipinski definition) is 1. The van der Waals surface area contributed by atoms with Gasteiger partial charge in [0.15, 0.2) is 5.78 Å². The minimum absolute atomic E-state index is 0.252. The fraction of sp³-hybridized carbons (Fsp3) is 0.533. The van der Waals surface area contributed by atoms with Gasteiger partial charge in [0.1, 0.15) is 0 Å². The fourth-order valence-corrected chi connectivity index (χ4v) is 2.69. The van der Waals surface area contributed by atoms with Crippen molar-refractivity contribution in [3.63, 3.8) is 0 Å². The zero-order valence-electron chi connectivity index (χ0n) is 11.5. The molecule has 2 heteroatoms. The highest BCUT2D eigenvalue weighted by molar-refractivity contribution is 6.82. The number of allylic oxidation sites excluding steroid dienone is 5. The quantitative estimate of drug-likeness (QED) is 0.678. The van der Waals surface area contributed by atoms with Crippen molar-refractivity contribution in [2.75, 3.05) is 0 Å². The Hall–Kier alpha value is -0.893. The minimum atomic E-state index is -1.14. The highest BCUT2D eigenvalue weighted by atomic mass is 28.3. The molecular weight excluding hydrogens is 224 g/mol. The smallest absolute Gasteiger partial charge is 0.155 e. The summed E-state index contributed by atoms with van der Waals surface area (Å²) in [5.74, 6) is 0.749. The van der Waals surface area contributed by atoms with E-state index >= 15 is 0 Å². The second kappa shape index (κ2) is 5.63. The van der Waals surface area contributed by atoms with E-state index in [1.54, 1.807) is 11.3 Å². The summed E-state index contributed by atoms with van der Waals surface area (Å²) in [7, 11) is -1.14. The maximum absolute atomic E-state index is 11.3. The van der Waals surface area contributed by atoms with Crippen molar-refractivity contribution in [2.45, 2.75) is 45.8 Å². The predicted molar refractivity (Wildman–Crippen MR) is 77.7 cm³/mol. The minimum Gasteiger partial charge on any atom is -0.295 e. The molecule has 0 aliphatic heterocycles. The molecule has 94 valence electrons. The van der Waals surface area contributed by atoms with Crippen LogP contribution in [0, 0.1) is 5.92 Å².